The number of fused-ring (bicyclic) bond motifs is 4. The molecule has 5 rings (SSSR count). The Labute approximate surface area is 150 Å². The second-order valence-corrected chi connectivity index (χ2v) is 7.45. The highest BCUT2D eigenvalue weighted by atomic mass is 16.2. The fourth-order valence-electron chi connectivity index (χ4n) is 4.67. The lowest BCUT2D eigenvalue weighted by Crippen LogP contribution is -2.42. The van der Waals surface area contributed by atoms with Gasteiger partial charge in [0.1, 0.15) is 0 Å². The summed E-state index contributed by atoms with van der Waals surface area (Å²) in [5.74, 6) is 0.893. The van der Waals surface area contributed by atoms with Gasteiger partial charge >= 0.3 is 5.69 Å². The fourth-order valence-corrected chi connectivity index (χ4v) is 4.67. The van der Waals surface area contributed by atoms with Crippen molar-refractivity contribution in [3.05, 3.63) is 69.8 Å². The molecule has 2 aliphatic carbocycles. The lowest BCUT2D eigenvalue weighted by molar-refractivity contribution is 0.0916. The molecule has 1 amide bonds. The van der Waals surface area contributed by atoms with Crippen LogP contribution in [0.1, 0.15) is 34.3 Å². The normalized spacial score (nSPS) is 24.2. The van der Waals surface area contributed by atoms with Gasteiger partial charge in [0.2, 0.25) is 0 Å². The second kappa shape index (κ2) is 5.83. The van der Waals surface area contributed by atoms with Gasteiger partial charge in [0.05, 0.1) is 0 Å². The molecular weight excluding hydrogens is 328 g/mol. The maximum atomic E-state index is 12.8. The molecule has 2 bridgehead atoms. The molecule has 2 aromatic heterocycles. The van der Waals surface area contributed by atoms with Crippen molar-refractivity contribution < 1.29 is 4.79 Å². The molecule has 6 heteroatoms. The number of amides is 1. The van der Waals surface area contributed by atoms with Crippen LogP contribution in [-0.2, 0) is 12.8 Å². The van der Waals surface area contributed by atoms with E-state index in [2.05, 4.69) is 39.8 Å². The second-order valence-electron chi connectivity index (χ2n) is 7.45. The number of benzene rings is 1. The van der Waals surface area contributed by atoms with Gasteiger partial charge in [-0.1, -0.05) is 24.3 Å². The lowest BCUT2D eigenvalue weighted by atomic mass is 9.94. The zero-order valence-corrected chi connectivity index (χ0v) is 14.3. The van der Waals surface area contributed by atoms with Crippen LogP contribution in [0.2, 0.25) is 0 Å². The quantitative estimate of drug-likeness (QED) is 0.743. The van der Waals surface area contributed by atoms with Crippen molar-refractivity contribution >= 4 is 11.6 Å². The predicted molar refractivity (Wildman–Crippen MR) is 97.1 cm³/mol. The maximum absolute atomic E-state index is 12.8. The molecule has 2 aliphatic rings. The summed E-state index contributed by atoms with van der Waals surface area (Å²) in [6.45, 7) is 0. The summed E-state index contributed by atoms with van der Waals surface area (Å²) in [5, 5.41) is 9.61. The summed E-state index contributed by atoms with van der Waals surface area (Å²) in [5.41, 5.74) is 3.55. The Morgan fingerprint density at radius 2 is 1.81 bits per heavy atom. The molecule has 0 spiro atoms. The molecule has 132 valence electrons. The van der Waals surface area contributed by atoms with Gasteiger partial charge in [-0.3, -0.25) is 9.20 Å². The average Bonchev–Trinajstić information content (AvgIpc) is 3.14. The van der Waals surface area contributed by atoms with Crippen LogP contribution in [0.3, 0.4) is 0 Å². The molecule has 1 saturated carbocycles. The van der Waals surface area contributed by atoms with E-state index in [1.54, 1.807) is 18.3 Å². The molecule has 1 aromatic carbocycles. The minimum absolute atomic E-state index is 0.0872. The highest BCUT2D eigenvalue weighted by Crippen LogP contribution is 2.40. The van der Waals surface area contributed by atoms with Gasteiger partial charge in [0.15, 0.2) is 5.65 Å². The van der Waals surface area contributed by atoms with Gasteiger partial charge in [-0.05, 0) is 60.8 Å². The number of rotatable bonds is 2. The van der Waals surface area contributed by atoms with Crippen LogP contribution in [0.15, 0.2) is 47.4 Å². The number of carbonyl (C=O) groups excluding carboxylic acids is 1. The summed E-state index contributed by atoms with van der Waals surface area (Å²) < 4.78 is 1.39. The number of nitrogens with one attached hydrogen (secondary N) is 2. The summed E-state index contributed by atoms with van der Waals surface area (Å²) in [6, 6.07) is 12.2. The molecule has 2 N–H and O–H groups in total. The summed E-state index contributed by atoms with van der Waals surface area (Å²) >= 11 is 0. The van der Waals surface area contributed by atoms with E-state index in [4.69, 9.17) is 0 Å². The van der Waals surface area contributed by atoms with Gasteiger partial charge in [-0.25, -0.2) is 9.89 Å². The minimum Gasteiger partial charge on any atom is -0.349 e. The lowest BCUT2D eigenvalue weighted by Gasteiger charge is -2.23. The summed E-state index contributed by atoms with van der Waals surface area (Å²) in [4.78, 5) is 24.4. The van der Waals surface area contributed by atoms with E-state index in [0.29, 0.717) is 23.0 Å². The van der Waals surface area contributed by atoms with Crippen molar-refractivity contribution in [1.82, 2.24) is 19.9 Å². The van der Waals surface area contributed by atoms with Crippen molar-refractivity contribution in [3.8, 4) is 0 Å². The van der Waals surface area contributed by atoms with Gasteiger partial charge in [-0.15, -0.1) is 0 Å². The third-order valence-electron chi connectivity index (χ3n) is 5.99. The van der Waals surface area contributed by atoms with E-state index in [-0.39, 0.29) is 17.6 Å². The van der Waals surface area contributed by atoms with Crippen LogP contribution >= 0.6 is 0 Å². The molecule has 2 unspecified atom stereocenters. The monoisotopic (exact) mass is 348 g/mol. The summed E-state index contributed by atoms with van der Waals surface area (Å²) in [7, 11) is 0. The number of carbonyl (C=O) groups is 1. The minimum atomic E-state index is -0.300. The number of aromatic nitrogens is 3. The average molecular weight is 348 g/mol. The first-order valence-corrected chi connectivity index (χ1v) is 9.13. The first-order chi connectivity index (χ1) is 12.7. The van der Waals surface area contributed by atoms with Crippen molar-refractivity contribution in [1.29, 1.82) is 0 Å². The van der Waals surface area contributed by atoms with E-state index >= 15 is 0 Å². The Kier molecular flexibility index (Phi) is 3.45. The zero-order chi connectivity index (χ0) is 17.7. The van der Waals surface area contributed by atoms with Crippen molar-refractivity contribution in [2.75, 3.05) is 0 Å². The van der Waals surface area contributed by atoms with E-state index in [1.165, 1.54) is 15.5 Å². The van der Waals surface area contributed by atoms with E-state index in [9.17, 15) is 9.59 Å². The van der Waals surface area contributed by atoms with Crippen LogP contribution in [-0.4, -0.2) is 26.5 Å². The SMILES string of the molecule is O=C(NC1C2CCC1Cc1ccccc1C2)c1ccn2c(=O)[nH]nc2c1. The molecule has 6 nitrogen and oxygen atoms in total. The topological polar surface area (TPSA) is 79.3 Å². The Hall–Kier alpha value is -2.89. The van der Waals surface area contributed by atoms with Crippen LogP contribution in [0.25, 0.3) is 5.65 Å². The number of nitrogens with zero attached hydrogens (tertiary/aromatic N) is 2. The van der Waals surface area contributed by atoms with Crippen molar-refractivity contribution in [3.63, 3.8) is 0 Å². The standard InChI is InChI=1S/C20H20N4O2/c25-19(16-7-8-24-17(11-16)22-23-20(24)26)21-18-14-5-6-15(18)10-13-4-2-1-3-12(13)9-14/h1-4,7-8,11,14-15,18H,5-6,9-10H2,(H,21,25)(H,23,26). The van der Waals surface area contributed by atoms with Gasteiger partial charge in [0, 0.05) is 17.8 Å². The molecular formula is C20H20N4O2. The van der Waals surface area contributed by atoms with Gasteiger partial charge < -0.3 is 5.32 Å². The van der Waals surface area contributed by atoms with E-state index < -0.39 is 0 Å². The Bertz CT molecular complexity index is 1020. The van der Waals surface area contributed by atoms with Crippen LogP contribution < -0.4 is 11.0 Å². The molecule has 26 heavy (non-hydrogen) atoms. The molecule has 0 radical (unpaired) electrons. The molecule has 2 heterocycles. The molecule has 1 fully saturated rings. The Morgan fingerprint density at radius 1 is 1.12 bits per heavy atom. The molecule has 3 aromatic rings. The number of hydrogen-bond acceptors (Lipinski definition) is 3. The van der Waals surface area contributed by atoms with Crippen molar-refractivity contribution in [2.24, 2.45) is 11.8 Å². The largest absolute Gasteiger partial charge is 0.349 e. The van der Waals surface area contributed by atoms with Crippen LogP contribution in [0.4, 0.5) is 0 Å². The number of H-pyrrole nitrogens is 1. The van der Waals surface area contributed by atoms with Crippen molar-refractivity contribution in [2.45, 2.75) is 31.7 Å². The number of hydrogen-bond donors (Lipinski definition) is 2. The van der Waals surface area contributed by atoms with Crippen LogP contribution in [0, 0.1) is 11.8 Å². The Balaban J connectivity index is 1.40. The van der Waals surface area contributed by atoms with Gasteiger partial charge in [0.25, 0.3) is 5.91 Å². The first kappa shape index (κ1) is 15.4. The fraction of sp³-hybridized carbons (Fsp3) is 0.350. The molecule has 0 saturated heterocycles. The highest BCUT2D eigenvalue weighted by Gasteiger charge is 2.39. The maximum Gasteiger partial charge on any atom is 0.347 e. The number of pyridine rings is 1. The molecule has 0 aliphatic heterocycles. The predicted octanol–water partition coefficient (Wildman–Crippen LogP) is 1.95. The zero-order valence-electron chi connectivity index (χ0n) is 14.3. The third-order valence-corrected chi connectivity index (χ3v) is 5.99. The Morgan fingerprint density at radius 3 is 2.50 bits per heavy atom. The number of aromatic amines is 1. The van der Waals surface area contributed by atoms with E-state index in [0.717, 1.165) is 25.7 Å². The van der Waals surface area contributed by atoms with Crippen LogP contribution in [0.5, 0.6) is 0 Å². The highest BCUT2D eigenvalue weighted by molar-refractivity contribution is 5.95. The first-order valence-electron chi connectivity index (χ1n) is 9.13. The van der Waals surface area contributed by atoms with E-state index in [1.807, 2.05) is 0 Å². The van der Waals surface area contributed by atoms with Gasteiger partial charge in [-0.2, -0.15) is 5.10 Å². The third kappa shape index (κ3) is 2.44. The summed E-state index contributed by atoms with van der Waals surface area (Å²) in [6.07, 6.45) is 5.99. The molecule has 2 atom stereocenters. The smallest absolute Gasteiger partial charge is 0.347 e.